The van der Waals surface area contributed by atoms with Gasteiger partial charge in [-0.15, -0.1) is 0 Å². The monoisotopic (exact) mass is 683 g/mol. The third-order valence-electron chi connectivity index (χ3n) is 8.81. The summed E-state index contributed by atoms with van der Waals surface area (Å²) in [4.78, 5) is 22.5. The van der Waals surface area contributed by atoms with Crippen molar-refractivity contribution in [2.24, 2.45) is 7.05 Å². The summed E-state index contributed by atoms with van der Waals surface area (Å²) in [5.74, 6) is 1.96. The molecule has 1 fully saturated rings. The molecule has 2 aliphatic rings. The fourth-order valence-electron chi connectivity index (χ4n) is 6.19. The first-order valence-electron chi connectivity index (χ1n) is 15.8. The summed E-state index contributed by atoms with van der Waals surface area (Å²) in [5.41, 5.74) is 4.68. The highest BCUT2D eigenvalue weighted by Crippen LogP contribution is 2.29. The number of hydrogen-bond donors (Lipinski definition) is 1. The predicted molar refractivity (Wildman–Crippen MR) is 188 cm³/mol. The second-order valence-electron chi connectivity index (χ2n) is 11.9. The fourth-order valence-corrected chi connectivity index (χ4v) is 6.51. The fraction of sp³-hybridized carbons (Fsp3) is 0.243. The minimum atomic E-state index is 0.0146. The molecule has 1 amide bonds. The molecule has 2 aliphatic heterocycles. The average Bonchev–Trinajstić information content (AvgIpc) is 3.77. The number of nitrogens with one attached hydrogen (secondary N) is 1. The van der Waals surface area contributed by atoms with E-state index < -0.39 is 0 Å². The van der Waals surface area contributed by atoms with Gasteiger partial charge in [0, 0.05) is 56.7 Å². The van der Waals surface area contributed by atoms with Crippen molar-refractivity contribution in [2.45, 2.75) is 19.0 Å². The molecule has 9 nitrogen and oxygen atoms in total. The number of halogens is 2. The van der Waals surface area contributed by atoms with E-state index in [0.29, 0.717) is 47.0 Å². The zero-order valence-electron chi connectivity index (χ0n) is 26.4. The molecule has 0 saturated carbocycles. The maximum Gasteiger partial charge on any atom is 0.270 e. The molecule has 2 aromatic heterocycles. The summed E-state index contributed by atoms with van der Waals surface area (Å²) >= 11 is 12.1. The summed E-state index contributed by atoms with van der Waals surface area (Å²) < 4.78 is 19.2. The van der Waals surface area contributed by atoms with Gasteiger partial charge in [0.05, 0.1) is 28.0 Å². The van der Waals surface area contributed by atoms with Gasteiger partial charge >= 0.3 is 0 Å². The normalized spacial score (nSPS) is 15.5. The van der Waals surface area contributed by atoms with Crippen molar-refractivity contribution in [1.82, 2.24) is 19.4 Å². The van der Waals surface area contributed by atoms with Gasteiger partial charge in [-0.1, -0.05) is 59.6 Å². The van der Waals surface area contributed by atoms with E-state index in [-0.39, 0.29) is 18.7 Å². The number of piperazine rings is 1. The number of pyridine rings is 1. The molecule has 0 radical (unpaired) electrons. The number of aryl methyl sites for hydroxylation is 1. The molecular formula is C37H35Cl2N5O4. The van der Waals surface area contributed by atoms with E-state index in [0.717, 1.165) is 47.4 Å². The van der Waals surface area contributed by atoms with E-state index in [4.69, 9.17) is 37.4 Å². The van der Waals surface area contributed by atoms with Gasteiger partial charge in [0.15, 0.2) is 5.76 Å². The SMILES string of the molecule is Cn1c(C(=O)N2CCN(C(Cc3ccccc3)C3=COCO3)CC2)cc2cc(Oc3ccc(NCc4ccc(Cl)c(Cl)c4)cn3)ccc21. The van der Waals surface area contributed by atoms with Crippen molar-refractivity contribution >= 4 is 45.7 Å². The Bertz CT molecular complexity index is 1940. The van der Waals surface area contributed by atoms with Gasteiger partial charge in [0.1, 0.15) is 17.7 Å². The van der Waals surface area contributed by atoms with Gasteiger partial charge in [0.2, 0.25) is 12.7 Å². The Morgan fingerprint density at radius 2 is 1.77 bits per heavy atom. The number of hydrogen-bond acceptors (Lipinski definition) is 7. The van der Waals surface area contributed by atoms with Crippen LogP contribution in [0, 0.1) is 0 Å². The highest BCUT2D eigenvalue weighted by atomic mass is 35.5. The molecule has 3 aromatic carbocycles. The number of benzene rings is 3. The van der Waals surface area contributed by atoms with Gasteiger partial charge in [-0.25, -0.2) is 4.98 Å². The maximum atomic E-state index is 13.8. The van der Waals surface area contributed by atoms with Crippen LogP contribution in [0.3, 0.4) is 0 Å². The number of carbonyl (C=O) groups is 1. The van der Waals surface area contributed by atoms with Crippen LogP contribution < -0.4 is 10.1 Å². The molecular weight excluding hydrogens is 649 g/mol. The third-order valence-corrected chi connectivity index (χ3v) is 9.55. The van der Waals surface area contributed by atoms with Gasteiger partial charge in [-0.3, -0.25) is 9.69 Å². The Balaban J connectivity index is 0.977. The Kier molecular flexibility index (Phi) is 9.43. The molecule has 1 unspecified atom stereocenters. The van der Waals surface area contributed by atoms with Crippen LogP contribution in [0.5, 0.6) is 11.6 Å². The van der Waals surface area contributed by atoms with Crippen LogP contribution in [0.25, 0.3) is 10.9 Å². The summed E-state index contributed by atoms with van der Waals surface area (Å²) in [6.07, 6.45) is 4.26. The molecule has 0 aliphatic carbocycles. The number of carbonyl (C=O) groups excluding carboxylic acids is 1. The zero-order valence-corrected chi connectivity index (χ0v) is 28.0. The van der Waals surface area contributed by atoms with E-state index in [1.807, 2.05) is 71.1 Å². The number of anilines is 1. The first kappa shape index (κ1) is 31.9. The van der Waals surface area contributed by atoms with E-state index >= 15 is 0 Å². The molecule has 1 saturated heterocycles. The van der Waals surface area contributed by atoms with Crippen LogP contribution in [0.15, 0.2) is 103 Å². The van der Waals surface area contributed by atoms with Crippen molar-refractivity contribution < 1.29 is 19.0 Å². The van der Waals surface area contributed by atoms with Crippen molar-refractivity contribution in [3.8, 4) is 11.6 Å². The molecule has 0 spiro atoms. The molecule has 11 heteroatoms. The van der Waals surface area contributed by atoms with Gasteiger partial charge < -0.3 is 29.0 Å². The van der Waals surface area contributed by atoms with Crippen molar-refractivity contribution in [3.63, 3.8) is 0 Å². The number of aromatic nitrogens is 2. The largest absolute Gasteiger partial charge is 0.462 e. The Morgan fingerprint density at radius 3 is 2.50 bits per heavy atom. The van der Waals surface area contributed by atoms with E-state index in [1.165, 1.54) is 5.56 Å². The third kappa shape index (κ3) is 7.08. The van der Waals surface area contributed by atoms with E-state index in [1.54, 1.807) is 18.5 Å². The second kappa shape index (κ2) is 14.2. The smallest absolute Gasteiger partial charge is 0.270 e. The Morgan fingerprint density at radius 1 is 0.938 bits per heavy atom. The Hall–Kier alpha value is -4.70. The zero-order chi connectivity index (χ0) is 33.0. The topological polar surface area (TPSA) is 81.1 Å². The Labute approximate surface area is 289 Å². The molecule has 4 heterocycles. The minimum Gasteiger partial charge on any atom is -0.462 e. The van der Waals surface area contributed by atoms with Crippen molar-refractivity contribution in [2.75, 3.05) is 38.3 Å². The van der Waals surface area contributed by atoms with Crippen LogP contribution in [-0.2, 0) is 29.5 Å². The molecule has 7 rings (SSSR count). The van der Waals surface area contributed by atoms with Gasteiger partial charge in [-0.2, -0.15) is 0 Å². The van der Waals surface area contributed by atoms with Crippen LogP contribution in [0.4, 0.5) is 5.69 Å². The van der Waals surface area contributed by atoms with E-state index in [2.05, 4.69) is 39.5 Å². The van der Waals surface area contributed by atoms with Crippen LogP contribution in [0.1, 0.15) is 21.6 Å². The average molecular weight is 685 g/mol. The lowest BCUT2D eigenvalue weighted by molar-refractivity contribution is 0.0404. The van der Waals surface area contributed by atoms with Gasteiger partial charge in [0.25, 0.3) is 5.91 Å². The lowest BCUT2D eigenvalue weighted by Gasteiger charge is -2.39. The predicted octanol–water partition coefficient (Wildman–Crippen LogP) is 7.50. The molecule has 246 valence electrons. The molecule has 5 aromatic rings. The van der Waals surface area contributed by atoms with Crippen molar-refractivity contribution in [3.05, 3.63) is 130 Å². The molecule has 1 N–H and O–H groups in total. The number of rotatable bonds is 10. The minimum absolute atomic E-state index is 0.0146. The van der Waals surface area contributed by atoms with Crippen molar-refractivity contribution in [1.29, 1.82) is 0 Å². The van der Waals surface area contributed by atoms with Crippen LogP contribution >= 0.6 is 23.2 Å². The quantitative estimate of drug-likeness (QED) is 0.163. The summed E-state index contributed by atoms with van der Waals surface area (Å²) in [7, 11) is 1.93. The lowest BCUT2D eigenvalue weighted by atomic mass is 10.0. The molecule has 48 heavy (non-hydrogen) atoms. The van der Waals surface area contributed by atoms with Crippen LogP contribution in [-0.4, -0.2) is 64.3 Å². The first-order chi connectivity index (χ1) is 23.4. The number of amides is 1. The van der Waals surface area contributed by atoms with Crippen LogP contribution in [0.2, 0.25) is 10.0 Å². The van der Waals surface area contributed by atoms with Gasteiger partial charge in [-0.05, 0) is 60.0 Å². The van der Waals surface area contributed by atoms with E-state index in [9.17, 15) is 4.79 Å². The summed E-state index contributed by atoms with van der Waals surface area (Å²) in [6, 6.07) is 27.5. The number of ether oxygens (including phenoxy) is 3. The summed E-state index contributed by atoms with van der Waals surface area (Å²) in [6.45, 7) is 3.55. The molecule has 1 atom stereocenters. The number of nitrogens with zero attached hydrogens (tertiary/aromatic N) is 4. The maximum absolute atomic E-state index is 13.8. The second-order valence-corrected chi connectivity index (χ2v) is 12.7. The number of fused-ring (bicyclic) bond motifs is 1. The highest BCUT2D eigenvalue weighted by Gasteiger charge is 2.32. The highest BCUT2D eigenvalue weighted by molar-refractivity contribution is 6.42. The lowest BCUT2D eigenvalue weighted by Crippen LogP contribution is -2.53. The molecule has 0 bridgehead atoms. The summed E-state index contributed by atoms with van der Waals surface area (Å²) in [5, 5.41) is 5.30. The first-order valence-corrected chi connectivity index (χ1v) is 16.6. The standard InChI is InChI=1S/C37H35Cl2N5O4/c1-42-32-11-9-29(48-36-12-8-28(22-41-36)40-21-26-7-10-30(38)31(39)17-26)19-27(32)20-34(42)37(45)44-15-13-43(14-16-44)33(35-23-46-24-47-35)18-25-5-3-2-4-6-25/h2-12,17,19-20,22-23,33,40H,13-16,18,21,24H2,1H3.